The molecule has 0 rings (SSSR count). The van der Waals surface area contributed by atoms with Gasteiger partial charge in [-0.2, -0.15) is 50.5 Å². The van der Waals surface area contributed by atoms with Crippen molar-refractivity contribution in [3.63, 3.8) is 0 Å². The molecule has 0 aromatic carbocycles. The van der Waals surface area contributed by atoms with E-state index in [4.69, 9.17) is 0 Å². The van der Waals surface area contributed by atoms with Crippen molar-refractivity contribution in [3.05, 3.63) is 0 Å². The zero-order chi connectivity index (χ0) is 7.98. The van der Waals surface area contributed by atoms with Crippen molar-refractivity contribution in [2.45, 2.75) is 11.7 Å². The van der Waals surface area contributed by atoms with Gasteiger partial charge in [0.2, 0.25) is 0 Å². The Morgan fingerprint density at radius 3 is 1.80 bits per heavy atom. The van der Waals surface area contributed by atoms with Crippen molar-refractivity contribution < 1.29 is 0 Å². The lowest BCUT2D eigenvalue weighted by Gasteiger charge is -2.17. The van der Waals surface area contributed by atoms with Gasteiger partial charge in [-0.3, -0.25) is 0 Å². The number of thiol groups is 4. The van der Waals surface area contributed by atoms with Crippen LogP contribution < -0.4 is 0 Å². The second-order valence-electron chi connectivity index (χ2n) is 2.20. The van der Waals surface area contributed by atoms with E-state index in [-0.39, 0.29) is 0 Å². The lowest BCUT2D eigenvalue weighted by Crippen LogP contribution is -2.18. The maximum absolute atomic E-state index is 4.42. The maximum atomic E-state index is 4.42. The Morgan fingerprint density at radius 1 is 1.00 bits per heavy atom. The third-order valence-electron chi connectivity index (χ3n) is 1.44. The van der Waals surface area contributed by atoms with Crippen molar-refractivity contribution >= 4 is 50.5 Å². The van der Waals surface area contributed by atoms with Crippen LogP contribution in [0.5, 0.6) is 0 Å². The molecule has 0 aromatic heterocycles. The van der Waals surface area contributed by atoms with Crippen molar-refractivity contribution in [2.75, 3.05) is 17.3 Å². The molecular weight excluding hydrogens is 200 g/mol. The van der Waals surface area contributed by atoms with Crippen molar-refractivity contribution in [1.82, 2.24) is 0 Å². The Labute approximate surface area is 85.2 Å². The molecule has 0 N–H and O–H groups in total. The van der Waals surface area contributed by atoms with Gasteiger partial charge in [0.25, 0.3) is 0 Å². The lowest BCUT2D eigenvalue weighted by molar-refractivity contribution is 0.622. The average Bonchev–Trinajstić information content (AvgIpc) is 1.91. The van der Waals surface area contributed by atoms with Gasteiger partial charge in [0.05, 0.1) is 0 Å². The first-order valence-corrected chi connectivity index (χ1v) is 5.68. The zero-order valence-corrected chi connectivity index (χ0v) is 9.35. The van der Waals surface area contributed by atoms with Crippen LogP contribution in [-0.4, -0.2) is 22.5 Å². The summed E-state index contributed by atoms with van der Waals surface area (Å²) in [4.78, 5) is 0. The normalized spacial score (nSPS) is 14.1. The highest BCUT2D eigenvalue weighted by atomic mass is 32.1. The minimum absolute atomic E-state index is 0.410. The van der Waals surface area contributed by atoms with E-state index in [9.17, 15) is 0 Å². The fourth-order valence-electron chi connectivity index (χ4n) is 0.669. The van der Waals surface area contributed by atoms with E-state index >= 15 is 0 Å². The zero-order valence-electron chi connectivity index (χ0n) is 5.77. The van der Waals surface area contributed by atoms with Crippen molar-refractivity contribution in [3.8, 4) is 0 Å². The van der Waals surface area contributed by atoms with Crippen LogP contribution in [-0.2, 0) is 0 Å². The molecule has 0 aromatic rings. The molecule has 0 fully saturated rings. The highest BCUT2D eigenvalue weighted by molar-refractivity contribution is 7.82. The summed E-state index contributed by atoms with van der Waals surface area (Å²) in [7, 11) is 0. The van der Waals surface area contributed by atoms with Crippen LogP contribution >= 0.6 is 50.5 Å². The van der Waals surface area contributed by atoms with Gasteiger partial charge in [0.15, 0.2) is 0 Å². The molecule has 0 aliphatic heterocycles. The molecule has 1 unspecified atom stereocenters. The molecule has 0 heterocycles. The molecule has 0 aliphatic carbocycles. The van der Waals surface area contributed by atoms with Crippen LogP contribution in [0.3, 0.4) is 0 Å². The third kappa shape index (κ3) is 4.31. The molecule has 0 nitrogen and oxygen atoms in total. The van der Waals surface area contributed by atoms with Crippen LogP contribution in [0.2, 0.25) is 0 Å². The number of hydrogen-bond acceptors (Lipinski definition) is 4. The van der Waals surface area contributed by atoms with E-state index in [1.165, 1.54) is 0 Å². The summed E-state index contributed by atoms with van der Waals surface area (Å²) in [6.45, 7) is 0. The van der Waals surface area contributed by atoms with Gasteiger partial charge in [-0.15, -0.1) is 0 Å². The van der Waals surface area contributed by atoms with Crippen LogP contribution in [0.1, 0.15) is 6.42 Å². The molecule has 10 heavy (non-hydrogen) atoms. The molecule has 1 atom stereocenters. The molecule has 0 aliphatic rings. The van der Waals surface area contributed by atoms with Gasteiger partial charge in [-0.05, 0) is 29.6 Å². The first-order chi connectivity index (χ1) is 4.76. The highest BCUT2D eigenvalue weighted by Gasteiger charge is 2.13. The van der Waals surface area contributed by atoms with Gasteiger partial charge < -0.3 is 0 Å². The second kappa shape index (κ2) is 7.07. The summed E-state index contributed by atoms with van der Waals surface area (Å²) < 4.78 is 0. The lowest BCUT2D eigenvalue weighted by atomic mass is 10.1. The van der Waals surface area contributed by atoms with Crippen LogP contribution in [0.15, 0.2) is 0 Å². The van der Waals surface area contributed by atoms with E-state index in [2.05, 4.69) is 50.5 Å². The minimum atomic E-state index is 0.410. The molecule has 4 heteroatoms. The van der Waals surface area contributed by atoms with E-state index < -0.39 is 0 Å². The van der Waals surface area contributed by atoms with Gasteiger partial charge in [-0.1, -0.05) is 0 Å². The SMILES string of the molecule is SCCC(S)C(CS)CS. The molecule has 0 spiro atoms. The summed E-state index contributed by atoms with van der Waals surface area (Å²) in [6.07, 6.45) is 1.04. The summed E-state index contributed by atoms with van der Waals surface area (Å²) in [5.74, 6) is 3.14. The molecule has 0 bridgehead atoms. The molecule has 0 amide bonds. The van der Waals surface area contributed by atoms with E-state index in [1.807, 2.05) is 0 Å². The molecule has 62 valence electrons. The standard InChI is InChI=1S/C6H14S4/c7-2-1-6(10)5(3-8)4-9/h5-10H,1-4H2. The summed E-state index contributed by atoms with van der Waals surface area (Å²) in [5, 5.41) is 0.410. The number of rotatable bonds is 5. The summed E-state index contributed by atoms with van der Waals surface area (Å²) in [5.41, 5.74) is 0. The smallest absolute Gasteiger partial charge is 0.00684 e. The van der Waals surface area contributed by atoms with Gasteiger partial charge >= 0.3 is 0 Å². The topological polar surface area (TPSA) is 0 Å². The minimum Gasteiger partial charge on any atom is -0.179 e. The highest BCUT2D eigenvalue weighted by Crippen LogP contribution is 2.17. The Hall–Kier alpha value is 1.40. The summed E-state index contributed by atoms with van der Waals surface area (Å²) >= 11 is 17.0. The molecule has 0 saturated carbocycles. The average molecular weight is 214 g/mol. The van der Waals surface area contributed by atoms with Crippen LogP contribution in [0.4, 0.5) is 0 Å². The fourth-order valence-corrected chi connectivity index (χ4v) is 2.79. The number of hydrogen-bond donors (Lipinski definition) is 4. The summed E-state index contributed by atoms with van der Waals surface area (Å²) in [6, 6.07) is 0. The molecular formula is C6H14S4. The Kier molecular flexibility index (Phi) is 8.06. The Morgan fingerprint density at radius 2 is 1.50 bits per heavy atom. The monoisotopic (exact) mass is 214 g/mol. The van der Waals surface area contributed by atoms with Crippen LogP contribution in [0, 0.1) is 5.92 Å². The van der Waals surface area contributed by atoms with Crippen molar-refractivity contribution in [2.24, 2.45) is 5.92 Å². The quantitative estimate of drug-likeness (QED) is 0.495. The maximum Gasteiger partial charge on any atom is 0.00684 e. The van der Waals surface area contributed by atoms with Gasteiger partial charge in [0, 0.05) is 5.25 Å². The van der Waals surface area contributed by atoms with E-state index in [1.54, 1.807) is 0 Å². The Balaban J connectivity index is 3.53. The predicted molar refractivity (Wildman–Crippen MR) is 62.4 cm³/mol. The van der Waals surface area contributed by atoms with E-state index in [0.29, 0.717) is 11.2 Å². The predicted octanol–water partition coefficient (Wildman–Crippen LogP) is 2.08. The molecule has 0 radical (unpaired) electrons. The Bertz CT molecular complexity index is 72.1. The van der Waals surface area contributed by atoms with Crippen molar-refractivity contribution in [1.29, 1.82) is 0 Å². The largest absolute Gasteiger partial charge is 0.179 e. The van der Waals surface area contributed by atoms with Crippen LogP contribution in [0.25, 0.3) is 0 Å². The van der Waals surface area contributed by atoms with Gasteiger partial charge in [-0.25, -0.2) is 0 Å². The van der Waals surface area contributed by atoms with Gasteiger partial charge in [0.1, 0.15) is 0 Å². The first kappa shape index (κ1) is 11.4. The fraction of sp³-hybridized carbons (Fsp3) is 1.00. The third-order valence-corrected chi connectivity index (χ3v) is 3.31. The second-order valence-corrected chi connectivity index (χ2v) is 4.05. The van der Waals surface area contributed by atoms with E-state index in [0.717, 1.165) is 23.7 Å². The first-order valence-electron chi connectivity index (χ1n) is 3.26. The molecule has 0 saturated heterocycles.